The molecule has 9 nitrogen and oxygen atoms in total. The fourth-order valence-electron chi connectivity index (χ4n) is 6.73. The Morgan fingerprint density at radius 2 is 1.47 bits per heavy atom. The van der Waals surface area contributed by atoms with Crippen LogP contribution in [0, 0.1) is 17.8 Å². The van der Waals surface area contributed by atoms with E-state index in [1.807, 2.05) is 51.1 Å². The molecule has 0 amide bonds. The second kappa shape index (κ2) is 18.5. The van der Waals surface area contributed by atoms with E-state index in [0.717, 1.165) is 69.2 Å². The molecule has 2 saturated heterocycles. The molecule has 2 aromatic rings. The molecular weight excluding hydrogens is 641 g/mol. The van der Waals surface area contributed by atoms with E-state index in [9.17, 15) is 19.2 Å². The third-order valence-corrected chi connectivity index (χ3v) is 10.8. The van der Waals surface area contributed by atoms with Crippen LogP contribution in [0.15, 0.2) is 60.7 Å². The van der Waals surface area contributed by atoms with Crippen molar-refractivity contribution in [3.05, 3.63) is 71.8 Å². The van der Waals surface area contributed by atoms with Crippen LogP contribution in [0.1, 0.15) is 77.3 Å². The van der Waals surface area contributed by atoms with Crippen LogP contribution in [-0.2, 0) is 35.1 Å². The molecule has 0 aliphatic carbocycles. The highest BCUT2D eigenvalue weighted by molar-refractivity contribution is 8.13. The second-order valence-electron chi connectivity index (χ2n) is 13.8. The third-order valence-electron chi connectivity index (χ3n) is 9.72. The molecule has 0 saturated carbocycles. The number of hydrogen-bond acceptors (Lipinski definition) is 10. The largest absolute Gasteiger partial charge is 0.459 e. The molecule has 266 valence electrons. The Morgan fingerprint density at radius 1 is 0.857 bits per heavy atom. The number of piperidine rings is 2. The topological polar surface area (TPSA) is 120 Å². The molecule has 0 aromatic heterocycles. The van der Waals surface area contributed by atoms with Gasteiger partial charge in [0.05, 0.1) is 5.92 Å². The highest BCUT2D eigenvalue weighted by Gasteiger charge is 2.39. The van der Waals surface area contributed by atoms with Crippen molar-refractivity contribution in [2.45, 2.75) is 83.8 Å². The molecular formula is C39H52N2O7S. The number of hydrogen-bond donors (Lipinski definition) is 2. The van der Waals surface area contributed by atoms with Gasteiger partial charge in [0.1, 0.15) is 17.0 Å². The van der Waals surface area contributed by atoms with E-state index in [1.165, 1.54) is 13.0 Å². The maximum Gasteiger partial charge on any atom is 0.331 e. The minimum absolute atomic E-state index is 0.0504. The zero-order chi connectivity index (χ0) is 35.3. The van der Waals surface area contributed by atoms with Crippen molar-refractivity contribution < 1.29 is 33.4 Å². The predicted octanol–water partition coefficient (Wildman–Crippen LogP) is 6.15. The first-order chi connectivity index (χ1) is 23.4. The number of rotatable bonds is 15. The minimum atomic E-state index is -0.865. The highest BCUT2D eigenvalue weighted by atomic mass is 32.2. The van der Waals surface area contributed by atoms with Gasteiger partial charge in [0.25, 0.3) is 0 Å². The molecule has 0 spiro atoms. The first-order valence-corrected chi connectivity index (χ1v) is 18.5. The van der Waals surface area contributed by atoms with Crippen molar-refractivity contribution in [2.75, 3.05) is 31.9 Å². The highest BCUT2D eigenvalue weighted by Crippen LogP contribution is 2.35. The van der Waals surface area contributed by atoms with Gasteiger partial charge >= 0.3 is 17.9 Å². The SMILES string of the molecule is CC(=O)Oc1ccccc1/C=C/C(=O)OC(C)(CCC(=O)SCC(Cc1ccccc1)C(=O)OC(C)(C)C1CCNCC1)C1CCNCC1. The summed E-state index contributed by atoms with van der Waals surface area (Å²) < 4.78 is 17.6. The van der Waals surface area contributed by atoms with Gasteiger partial charge in [-0.05, 0) is 103 Å². The molecule has 2 atom stereocenters. The Morgan fingerprint density at radius 3 is 2.12 bits per heavy atom. The molecule has 2 aliphatic heterocycles. The van der Waals surface area contributed by atoms with E-state index in [4.69, 9.17) is 14.2 Å². The van der Waals surface area contributed by atoms with Crippen LogP contribution >= 0.6 is 11.8 Å². The summed E-state index contributed by atoms with van der Waals surface area (Å²) in [5, 5.41) is 6.68. The molecule has 4 rings (SSSR count). The van der Waals surface area contributed by atoms with Gasteiger partial charge in [0.2, 0.25) is 0 Å². The number of benzene rings is 2. The van der Waals surface area contributed by atoms with Crippen molar-refractivity contribution in [2.24, 2.45) is 17.8 Å². The van der Waals surface area contributed by atoms with E-state index in [2.05, 4.69) is 10.6 Å². The number of carbonyl (C=O) groups excluding carboxylic acids is 4. The lowest BCUT2D eigenvalue weighted by molar-refractivity contribution is -0.167. The third kappa shape index (κ3) is 12.1. The average molecular weight is 693 g/mol. The molecule has 0 bridgehead atoms. The summed E-state index contributed by atoms with van der Waals surface area (Å²) in [6.07, 6.45) is 7.51. The Labute approximate surface area is 295 Å². The van der Waals surface area contributed by atoms with Gasteiger partial charge in [0, 0.05) is 42.6 Å². The summed E-state index contributed by atoms with van der Waals surface area (Å²) in [6.45, 7) is 10.7. The number of para-hydroxylation sites is 1. The van der Waals surface area contributed by atoms with Gasteiger partial charge in [-0.15, -0.1) is 0 Å². The summed E-state index contributed by atoms with van der Waals surface area (Å²) in [4.78, 5) is 51.7. The molecule has 2 aromatic carbocycles. The number of esters is 3. The van der Waals surface area contributed by atoms with Crippen LogP contribution in [0.25, 0.3) is 6.08 Å². The second-order valence-corrected chi connectivity index (χ2v) is 14.9. The lowest BCUT2D eigenvalue weighted by Crippen LogP contribution is -2.45. The predicted molar refractivity (Wildman–Crippen MR) is 193 cm³/mol. The fraction of sp³-hybridized carbons (Fsp3) is 0.538. The zero-order valence-electron chi connectivity index (χ0n) is 29.3. The van der Waals surface area contributed by atoms with Gasteiger partial charge in [-0.1, -0.05) is 60.3 Å². The van der Waals surface area contributed by atoms with Gasteiger partial charge in [-0.3, -0.25) is 14.4 Å². The molecule has 2 fully saturated rings. The number of nitrogens with one attached hydrogen (secondary N) is 2. The standard InChI is InChI=1S/C39H52N2O7S/c1-28(42)46-34-13-9-8-12-30(34)14-15-35(43)47-39(4,33-19-24-41-25-20-33)21-16-36(44)49-27-31(26-29-10-6-5-7-11-29)37(45)48-38(2,3)32-17-22-40-23-18-32/h5-15,31-33,40-41H,16-27H2,1-4H3/b15-14+. The Kier molecular flexibility index (Phi) is 14.5. The molecule has 49 heavy (non-hydrogen) atoms. The van der Waals surface area contributed by atoms with Gasteiger partial charge < -0.3 is 24.8 Å². The summed E-state index contributed by atoms with van der Waals surface area (Å²) in [5.74, 6) is -0.715. The summed E-state index contributed by atoms with van der Waals surface area (Å²) in [7, 11) is 0. The van der Waals surface area contributed by atoms with Crippen molar-refractivity contribution in [3.8, 4) is 5.75 Å². The van der Waals surface area contributed by atoms with Crippen molar-refractivity contribution in [1.82, 2.24) is 10.6 Å². The minimum Gasteiger partial charge on any atom is -0.459 e. The first-order valence-electron chi connectivity index (χ1n) is 17.5. The zero-order valence-corrected chi connectivity index (χ0v) is 30.2. The van der Waals surface area contributed by atoms with Crippen molar-refractivity contribution in [1.29, 1.82) is 0 Å². The van der Waals surface area contributed by atoms with Crippen molar-refractivity contribution in [3.63, 3.8) is 0 Å². The molecule has 0 radical (unpaired) electrons. The van der Waals surface area contributed by atoms with E-state index in [1.54, 1.807) is 30.3 Å². The van der Waals surface area contributed by atoms with Crippen LogP contribution in [0.4, 0.5) is 0 Å². The van der Waals surface area contributed by atoms with Crippen LogP contribution in [0.5, 0.6) is 5.75 Å². The summed E-state index contributed by atoms with van der Waals surface area (Å²) in [6, 6.07) is 16.8. The Balaban J connectivity index is 1.40. The number of thioether (sulfide) groups is 1. The average Bonchev–Trinajstić information content (AvgIpc) is 3.09. The van der Waals surface area contributed by atoms with Crippen LogP contribution < -0.4 is 15.4 Å². The molecule has 2 unspecified atom stereocenters. The van der Waals surface area contributed by atoms with Gasteiger partial charge in [-0.2, -0.15) is 0 Å². The van der Waals surface area contributed by atoms with Crippen LogP contribution in [-0.4, -0.2) is 66.2 Å². The van der Waals surface area contributed by atoms with Gasteiger partial charge in [0.15, 0.2) is 5.12 Å². The van der Waals surface area contributed by atoms with E-state index in [-0.39, 0.29) is 29.3 Å². The monoisotopic (exact) mass is 692 g/mol. The summed E-state index contributed by atoms with van der Waals surface area (Å²) in [5.41, 5.74) is 0.134. The Hall–Kier alpha value is -3.47. The summed E-state index contributed by atoms with van der Waals surface area (Å²) >= 11 is 1.16. The maximum atomic E-state index is 13.6. The van der Waals surface area contributed by atoms with Gasteiger partial charge in [-0.25, -0.2) is 4.79 Å². The molecule has 2 aliphatic rings. The molecule has 2 heterocycles. The lowest BCUT2D eigenvalue weighted by Gasteiger charge is -2.39. The molecule has 10 heteroatoms. The quantitative estimate of drug-likeness (QED) is 0.128. The maximum absolute atomic E-state index is 13.6. The molecule has 2 N–H and O–H groups in total. The lowest BCUT2D eigenvalue weighted by atomic mass is 9.79. The van der Waals surface area contributed by atoms with Crippen LogP contribution in [0.2, 0.25) is 0 Å². The van der Waals surface area contributed by atoms with Crippen molar-refractivity contribution >= 4 is 40.9 Å². The number of carbonyl (C=O) groups is 4. The van der Waals surface area contributed by atoms with Crippen LogP contribution in [0.3, 0.4) is 0 Å². The van der Waals surface area contributed by atoms with E-state index >= 15 is 0 Å². The normalized spacial score (nSPS) is 18.0. The first kappa shape index (κ1) is 38.3. The fourth-order valence-corrected chi connectivity index (χ4v) is 7.61. The van der Waals surface area contributed by atoms with E-state index < -0.39 is 29.1 Å². The smallest absolute Gasteiger partial charge is 0.331 e. The van der Waals surface area contributed by atoms with E-state index in [0.29, 0.717) is 29.9 Å². The number of ether oxygens (including phenoxy) is 3. The Bertz CT molecular complexity index is 1430.